The van der Waals surface area contributed by atoms with Gasteiger partial charge < -0.3 is 15.2 Å². The van der Waals surface area contributed by atoms with Crippen molar-refractivity contribution in [2.75, 3.05) is 39.6 Å². The van der Waals surface area contributed by atoms with Crippen molar-refractivity contribution in [2.45, 2.75) is 0 Å². The summed E-state index contributed by atoms with van der Waals surface area (Å²) in [6.45, 7) is 3.18. The monoisotopic (exact) mass is 174 g/mol. The second-order valence-corrected chi connectivity index (χ2v) is 2.65. The normalized spacial score (nSPS) is 19.1. The maximum atomic E-state index is 10.6. The van der Waals surface area contributed by atoms with E-state index in [-0.39, 0.29) is 5.91 Å². The Labute approximate surface area is 71.3 Å². The second kappa shape index (κ2) is 5.08. The lowest BCUT2D eigenvalue weighted by Crippen LogP contribution is -2.44. The quantitative estimate of drug-likeness (QED) is 0.540. The first-order valence-electron chi connectivity index (χ1n) is 4.00. The van der Waals surface area contributed by atoms with Gasteiger partial charge in [-0.15, -0.1) is 0 Å². The van der Waals surface area contributed by atoms with Gasteiger partial charge in [-0.05, 0) is 0 Å². The molecule has 2 N–H and O–H groups in total. The highest BCUT2D eigenvalue weighted by Gasteiger charge is 2.10. The highest BCUT2D eigenvalue weighted by Crippen LogP contribution is 1.93. The Bertz CT molecular complexity index is 146. The smallest absolute Gasteiger partial charge is 0.246 e. The Morgan fingerprint density at radius 2 is 2.17 bits per heavy atom. The molecule has 1 fully saturated rings. The van der Waals surface area contributed by atoms with E-state index < -0.39 is 6.61 Å². The molecule has 0 aliphatic carbocycles. The van der Waals surface area contributed by atoms with Crippen LogP contribution >= 0.6 is 0 Å². The molecule has 0 saturated carbocycles. The van der Waals surface area contributed by atoms with Crippen LogP contribution in [0.3, 0.4) is 0 Å². The van der Waals surface area contributed by atoms with Crippen LogP contribution in [-0.4, -0.2) is 55.5 Å². The van der Waals surface area contributed by atoms with Crippen LogP contribution in [0.25, 0.3) is 0 Å². The predicted molar refractivity (Wildman–Crippen MR) is 42.5 cm³/mol. The number of morpholine rings is 1. The Morgan fingerprint density at radius 3 is 2.75 bits per heavy atom. The molecule has 12 heavy (non-hydrogen) atoms. The molecule has 0 aromatic rings. The number of hydrogen-bond donors (Lipinski definition) is 2. The number of amides is 1. The van der Waals surface area contributed by atoms with Crippen molar-refractivity contribution in [3.05, 3.63) is 0 Å². The van der Waals surface area contributed by atoms with Gasteiger partial charge in [0.25, 0.3) is 0 Å². The molecule has 1 saturated heterocycles. The third-order valence-corrected chi connectivity index (χ3v) is 1.75. The maximum absolute atomic E-state index is 10.6. The lowest BCUT2D eigenvalue weighted by Gasteiger charge is -2.26. The van der Waals surface area contributed by atoms with E-state index in [0.717, 1.165) is 26.3 Å². The van der Waals surface area contributed by atoms with Crippen LogP contribution in [0.15, 0.2) is 0 Å². The molecule has 0 bridgehead atoms. The SMILES string of the molecule is O=C(CO)NCN1CCOCC1. The van der Waals surface area contributed by atoms with E-state index in [1.54, 1.807) is 0 Å². The average molecular weight is 174 g/mol. The Kier molecular flexibility index (Phi) is 3.99. The number of aliphatic hydroxyl groups is 1. The van der Waals surface area contributed by atoms with Crippen molar-refractivity contribution in [1.29, 1.82) is 0 Å². The fraction of sp³-hybridized carbons (Fsp3) is 0.857. The second-order valence-electron chi connectivity index (χ2n) is 2.65. The molecular formula is C7H14N2O3. The first kappa shape index (κ1) is 9.44. The van der Waals surface area contributed by atoms with Gasteiger partial charge in [-0.25, -0.2) is 0 Å². The minimum Gasteiger partial charge on any atom is -0.387 e. The number of nitrogens with one attached hydrogen (secondary N) is 1. The molecule has 0 radical (unpaired) electrons. The van der Waals surface area contributed by atoms with E-state index in [2.05, 4.69) is 10.2 Å². The van der Waals surface area contributed by atoms with E-state index >= 15 is 0 Å². The zero-order chi connectivity index (χ0) is 8.81. The van der Waals surface area contributed by atoms with E-state index in [4.69, 9.17) is 9.84 Å². The van der Waals surface area contributed by atoms with Gasteiger partial charge in [-0.2, -0.15) is 0 Å². The number of carbonyl (C=O) groups excluding carboxylic acids is 1. The minimum absolute atomic E-state index is 0.332. The summed E-state index contributed by atoms with van der Waals surface area (Å²) in [6, 6.07) is 0. The third-order valence-electron chi connectivity index (χ3n) is 1.75. The molecule has 1 aliphatic heterocycles. The van der Waals surface area contributed by atoms with Crippen molar-refractivity contribution >= 4 is 5.91 Å². The van der Waals surface area contributed by atoms with Gasteiger partial charge in [0.2, 0.25) is 5.91 Å². The zero-order valence-corrected chi connectivity index (χ0v) is 6.95. The summed E-state index contributed by atoms with van der Waals surface area (Å²) in [4.78, 5) is 12.7. The molecule has 70 valence electrons. The summed E-state index contributed by atoms with van der Waals surface area (Å²) in [5, 5.41) is 11.0. The summed E-state index contributed by atoms with van der Waals surface area (Å²) in [5.41, 5.74) is 0. The average Bonchev–Trinajstić information content (AvgIpc) is 2.16. The van der Waals surface area contributed by atoms with Gasteiger partial charge in [-0.3, -0.25) is 9.69 Å². The highest BCUT2D eigenvalue weighted by molar-refractivity contribution is 5.76. The molecule has 5 heteroatoms. The van der Waals surface area contributed by atoms with Crippen molar-refractivity contribution in [3.63, 3.8) is 0 Å². The topological polar surface area (TPSA) is 61.8 Å². The summed E-state index contributed by atoms with van der Waals surface area (Å²) < 4.78 is 5.13. The van der Waals surface area contributed by atoms with Crippen molar-refractivity contribution in [2.24, 2.45) is 0 Å². The molecule has 0 atom stereocenters. The fourth-order valence-corrected chi connectivity index (χ4v) is 1.02. The van der Waals surface area contributed by atoms with Crippen molar-refractivity contribution < 1.29 is 14.6 Å². The number of rotatable bonds is 3. The van der Waals surface area contributed by atoms with Crippen LogP contribution in [0.2, 0.25) is 0 Å². The van der Waals surface area contributed by atoms with Gasteiger partial charge in [0.15, 0.2) is 0 Å². The summed E-state index contributed by atoms with van der Waals surface area (Å²) >= 11 is 0. The van der Waals surface area contributed by atoms with E-state index in [9.17, 15) is 4.79 Å². The maximum Gasteiger partial charge on any atom is 0.246 e. The van der Waals surface area contributed by atoms with Crippen LogP contribution in [0.4, 0.5) is 0 Å². The molecule has 5 nitrogen and oxygen atoms in total. The third kappa shape index (κ3) is 3.17. The number of ether oxygens (including phenoxy) is 1. The van der Waals surface area contributed by atoms with Gasteiger partial charge in [0, 0.05) is 13.1 Å². The van der Waals surface area contributed by atoms with Gasteiger partial charge in [-0.1, -0.05) is 0 Å². The molecular weight excluding hydrogens is 160 g/mol. The van der Waals surface area contributed by atoms with Crippen LogP contribution in [0.5, 0.6) is 0 Å². The van der Waals surface area contributed by atoms with Crippen LogP contribution < -0.4 is 5.32 Å². The number of nitrogens with zero attached hydrogens (tertiary/aromatic N) is 1. The van der Waals surface area contributed by atoms with Crippen LogP contribution in [0.1, 0.15) is 0 Å². The van der Waals surface area contributed by atoms with Crippen molar-refractivity contribution in [3.8, 4) is 0 Å². The van der Waals surface area contributed by atoms with E-state index in [1.807, 2.05) is 0 Å². The Morgan fingerprint density at radius 1 is 1.50 bits per heavy atom. The number of hydrogen-bond acceptors (Lipinski definition) is 4. The van der Waals surface area contributed by atoms with Crippen LogP contribution in [-0.2, 0) is 9.53 Å². The molecule has 1 aliphatic rings. The lowest BCUT2D eigenvalue weighted by molar-refractivity contribution is -0.124. The van der Waals surface area contributed by atoms with E-state index in [1.165, 1.54) is 0 Å². The standard InChI is InChI=1S/C7H14N2O3/c10-5-7(11)8-6-9-1-3-12-4-2-9/h10H,1-6H2,(H,8,11). The van der Waals surface area contributed by atoms with Gasteiger partial charge >= 0.3 is 0 Å². The Hall–Kier alpha value is -0.650. The van der Waals surface area contributed by atoms with Crippen molar-refractivity contribution in [1.82, 2.24) is 10.2 Å². The number of carbonyl (C=O) groups is 1. The molecule has 1 amide bonds. The van der Waals surface area contributed by atoms with Gasteiger partial charge in [0.05, 0.1) is 19.9 Å². The molecule has 1 heterocycles. The Balaban J connectivity index is 2.09. The molecule has 0 aromatic carbocycles. The molecule has 1 rings (SSSR count). The van der Waals surface area contributed by atoms with Gasteiger partial charge in [0.1, 0.15) is 6.61 Å². The van der Waals surface area contributed by atoms with E-state index in [0.29, 0.717) is 6.67 Å². The minimum atomic E-state index is -0.440. The lowest BCUT2D eigenvalue weighted by atomic mass is 10.4. The summed E-state index contributed by atoms with van der Waals surface area (Å²) in [6.07, 6.45) is 0. The molecule has 0 aromatic heterocycles. The summed E-state index contributed by atoms with van der Waals surface area (Å²) in [5.74, 6) is -0.332. The highest BCUT2D eigenvalue weighted by atomic mass is 16.5. The number of aliphatic hydroxyl groups excluding tert-OH is 1. The summed E-state index contributed by atoms with van der Waals surface area (Å²) in [7, 11) is 0. The zero-order valence-electron chi connectivity index (χ0n) is 6.95. The predicted octanol–water partition coefficient (Wildman–Crippen LogP) is -1.62. The molecule has 0 unspecified atom stereocenters. The largest absolute Gasteiger partial charge is 0.387 e. The fourth-order valence-electron chi connectivity index (χ4n) is 1.02. The first-order chi connectivity index (χ1) is 5.83. The molecule has 0 spiro atoms. The first-order valence-corrected chi connectivity index (χ1v) is 4.00. The van der Waals surface area contributed by atoms with Crippen LogP contribution in [0, 0.1) is 0 Å².